The third kappa shape index (κ3) is 2.15. The number of rotatable bonds is 3. The van der Waals surface area contributed by atoms with Gasteiger partial charge >= 0.3 is 0 Å². The summed E-state index contributed by atoms with van der Waals surface area (Å²) >= 11 is 1.67. The molecule has 0 atom stereocenters. The van der Waals surface area contributed by atoms with E-state index in [1.807, 2.05) is 35.7 Å². The fourth-order valence-electron chi connectivity index (χ4n) is 1.90. The number of hydrogen-bond donors (Lipinski definition) is 2. The molecular formula is C14H12N2OS. The van der Waals surface area contributed by atoms with Crippen molar-refractivity contribution in [1.29, 1.82) is 0 Å². The molecule has 2 N–H and O–H groups in total. The Labute approximate surface area is 108 Å². The van der Waals surface area contributed by atoms with E-state index in [2.05, 4.69) is 21.7 Å². The molecule has 0 radical (unpaired) electrons. The van der Waals surface area contributed by atoms with Gasteiger partial charge in [0.1, 0.15) is 5.82 Å². The summed E-state index contributed by atoms with van der Waals surface area (Å²) in [6.45, 7) is 0.720. The third-order valence-corrected chi connectivity index (χ3v) is 3.55. The van der Waals surface area contributed by atoms with Crippen molar-refractivity contribution in [1.82, 2.24) is 4.98 Å². The highest BCUT2D eigenvalue weighted by Crippen LogP contribution is 2.14. The largest absolute Gasteiger partial charge is 0.367 e. The normalized spacial score (nSPS) is 10.7. The zero-order valence-corrected chi connectivity index (χ0v) is 10.5. The molecule has 3 nitrogen and oxygen atoms in total. The average Bonchev–Trinajstić information content (AvgIpc) is 2.90. The molecule has 0 bridgehead atoms. The number of anilines is 1. The van der Waals surface area contributed by atoms with Crippen LogP contribution in [0.25, 0.3) is 10.8 Å². The number of benzene rings is 1. The van der Waals surface area contributed by atoms with E-state index >= 15 is 0 Å². The molecule has 0 unspecified atom stereocenters. The summed E-state index contributed by atoms with van der Waals surface area (Å²) in [7, 11) is 0. The van der Waals surface area contributed by atoms with Crippen LogP contribution >= 0.6 is 11.3 Å². The van der Waals surface area contributed by atoms with Gasteiger partial charge < -0.3 is 10.3 Å². The molecule has 0 saturated heterocycles. The Balaban J connectivity index is 1.91. The van der Waals surface area contributed by atoms with E-state index in [9.17, 15) is 4.79 Å². The van der Waals surface area contributed by atoms with E-state index in [4.69, 9.17) is 0 Å². The van der Waals surface area contributed by atoms with Crippen LogP contribution in [0.15, 0.2) is 52.0 Å². The van der Waals surface area contributed by atoms with Gasteiger partial charge in [0.2, 0.25) is 0 Å². The van der Waals surface area contributed by atoms with Crippen molar-refractivity contribution in [2.75, 3.05) is 5.32 Å². The fraction of sp³-hybridized carbons (Fsp3) is 0.0714. The van der Waals surface area contributed by atoms with Gasteiger partial charge in [0.15, 0.2) is 0 Å². The molecule has 3 aromatic rings. The summed E-state index contributed by atoms with van der Waals surface area (Å²) in [5.41, 5.74) is 1.16. The predicted molar refractivity (Wildman–Crippen MR) is 76.2 cm³/mol. The minimum atomic E-state index is -0.0547. The van der Waals surface area contributed by atoms with Gasteiger partial charge in [-0.1, -0.05) is 18.2 Å². The van der Waals surface area contributed by atoms with Crippen molar-refractivity contribution in [3.8, 4) is 0 Å². The highest BCUT2D eigenvalue weighted by molar-refractivity contribution is 7.07. The maximum absolute atomic E-state index is 11.9. The highest BCUT2D eigenvalue weighted by Gasteiger charge is 2.01. The molecular weight excluding hydrogens is 244 g/mol. The second kappa shape index (κ2) is 4.66. The number of pyridine rings is 1. The zero-order chi connectivity index (χ0) is 12.4. The van der Waals surface area contributed by atoms with Crippen LogP contribution in [0.3, 0.4) is 0 Å². The van der Waals surface area contributed by atoms with Gasteiger partial charge in [-0.15, -0.1) is 0 Å². The van der Waals surface area contributed by atoms with Crippen molar-refractivity contribution >= 4 is 27.9 Å². The maximum Gasteiger partial charge on any atom is 0.257 e. The van der Waals surface area contributed by atoms with Crippen LogP contribution in [0.1, 0.15) is 5.56 Å². The number of nitrogens with one attached hydrogen (secondary N) is 2. The first-order valence-corrected chi connectivity index (χ1v) is 6.64. The monoisotopic (exact) mass is 256 g/mol. The molecule has 3 rings (SSSR count). The van der Waals surface area contributed by atoms with Gasteiger partial charge in [-0.2, -0.15) is 11.3 Å². The van der Waals surface area contributed by atoms with Gasteiger partial charge in [-0.3, -0.25) is 4.79 Å². The van der Waals surface area contributed by atoms with Crippen LogP contribution in [0.5, 0.6) is 0 Å². The van der Waals surface area contributed by atoms with Crippen molar-refractivity contribution in [3.63, 3.8) is 0 Å². The third-order valence-electron chi connectivity index (χ3n) is 2.82. The van der Waals surface area contributed by atoms with Gasteiger partial charge in [0, 0.05) is 11.9 Å². The number of H-pyrrole nitrogens is 1. The minimum absolute atomic E-state index is 0.0547. The first-order valence-electron chi connectivity index (χ1n) is 5.70. The highest BCUT2D eigenvalue weighted by atomic mass is 32.1. The summed E-state index contributed by atoms with van der Waals surface area (Å²) < 4.78 is 0. The van der Waals surface area contributed by atoms with Crippen LogP contribution in [0, 0.1) is 0 Å². The molecule has 0 aliphatic rings. The molecule has 0 aliphatic carbocycles. The topological polar surface area (TPSA) is 44.9 Å². The number of aromatic amines is 1. The molecule has 18 heavy (non-hydrogen) atoms. The predicted octanol–water partition coefficient (Wildman–Crippen LogP) is 3.20. The molecule has 0 saturated carbocycles. The Bertz CT molecular complexity index is 716. The van der Waals surface area contributed by atoms with E-state index in [0.29, 0.717) is 0 Å². The average molecular weight is 256 g/mol. The Kier molecular flexibility index (Phi) is 2.86. The first kappa shape index (κ1) is 11.0. The number of aromatic nitrogens is 1. The van der Waals surface area contributed by atoms with E-state index in [0.717, 1.165) is 23.1 Å². The Hall–Kier alpha value is -2.07. The van der Waals surface area contributed by atoms with Crippen LogP contribution in [-0.2, 0) is 6.54 Å². The molecule has 0 amide bonds. The lowest BCUT2D eigenvalue weighted by Gasteiger charge is -2.06. The van der Waals surface area contributed by atoms with Crippen LogP contribution in [0.4, 0.5) is 5.82 Å². The van der Waals surface area contributed by atoms with E-state index in [1.54, 1.807) is 11.3 Å². The summed E-state index contributed by atoms with van der Waals surface area (Å²) in [5, 5.41) is 9.04. The maximum atomic E-state index is 11.9. The van der Waals surface area contributed by atoms with Gasteiger partial charge in [0.05, 0.1) is 0 Å². The first-order chi connectivity index (χ1) is 8.83. The minimum Gasteiger partial charge on any atom is -0.367 e. The van der Waals surface area contributed by atoms with E-state index in [1.165, 1.54) is 5.56 Å². The second-order valence-corrected chi connectivity index (χ2v) is 4.86. The lowest BCUT2D eigenvalue weighted by atomic mass is 10.2. The lowest BCUT2D eigenvalue weighted by Crippen LogP contribution is -2.10. The van der Waals surface area contributed by atoms with Gasteiger partial charge in [0.25, 0.3) is 5.56 Å². The second-order valence-electron chi connectivity index (χ2n) is 4.08. The van der Waals surface area contributed by atoms with Crippen molar-refractivity contribution in [2.24, 2.45) is 0 Å². The van der Waals surface area contributed by atoms with E-state index in [-0.39, 0.29) is 5.56 Å². The SMILES string of the molecule is O=c1[nH]c(NCc2ccsc2)cc2ccccc12. The molecule has 90 valence electrons. The smallest absolute Gasteiger partial charge is 0.257 e. The van der Waals surface area contributed by atoms with Gasteiger partial charge in [-0.25, -0.2) is 0 Å². The summed E-state index contributed by atoms with van der Waals surface area (Å²) in [4.78, 5) is 14.7. The molecule has 0 aliphatic heterocycles. The molecule has 2 aromatic heterocycles. The van der Waals surface area contributed by atoms with E-state index < -0.39 is 0 Å². The number of hydrogen-bond acceptors (Lipinski definition) is 3. The molecule has 0 spiro atoms. The fourth-order valence-corrected chi connectivity index (χ4v) is 2.57. The zero-order valence-electron chi connectivity index (χ0n) is 9.64. The van der Waals surface area contributed by atoms with Crippen LogP contribution < -0.4 is 10.9 Å². The summed E-state index contributed by atoms with van der Waals surface area (Å²) in [5.74, 6) is 0.755. The number of fused-ring (bicyclic) bond motifs is 1. The van der Waals surface area contributed by atoms with Gasteiger partial charge in [-0.05, 0) is 39.9 Å². The summed E-state index contributed by atoms with van der Waals surface area (Å²) in [6.07, 6.45) is 0. The summed E-state index contributed by atoms with van der Waals surface area (Å²) in [6, 6.07) is 11.6. The lowest BCUT2D eigenvalue weighted by molar-refractivity contribution is 1.11. The molecule has 4 heteroatoms. The quantitative estimate of drug-likeness (QED) is 0.756. The molecule has 1 aromatic carbocycles. The van der Waals surface area contributed by atoms with Crippen molar-refractivity contribution < 1.29 is 0 Å². The molecule has 0 fully saturated rings. The van der Waals surface area contributed by atoms with Crippen molar-refractivity contribution in [2.45, 2.75) is 6.54 Å². The Morgan fingerprint density at radius 3 is 2.94 bits per heavy atom. The Morgan fingerprint density at radius 1 is 1.22 bits per heavy atom. The standard InChI is InChI=1S/C14H12N2OS/c17-14-12-4-2-1-3-11(12)7-13(16-14)15-8-10-5-6-18-9-10/h1-7,9H,8H2,(H2,15,16,17). The van der Waals surface area contributed by atoms with Crippen LogP contribution in [-0.4, -0.2) is 4.98 Å². The number of thiophene rings is 1. The van der Waals surface area contributed by atoms with Crippen LogP contribution in [0.2, 0.25) is 0 Å². The Morgan fingerprint density at radius 2 is 2.11 bits per heavy atom. The molecule has 2 heterocycles. The van der Waals surface area contributed by atoms with Crippen molar-refractivity contribution in [3.05, 3.63) is 63.1 Å².